The predicted molar refractivity (Wildman–Crippen MR) is 68.1 cm³/mol. The van der Waals surface area contributed by atoms with Crippen LogP contribution in [0.1, 0.15) is 19.0 Å². The fourth-order valence-corrected chi connectivity index (χ4v) is 3.32. The van der Waals surface area contributed by atoms with Crippen LogP contribution in [0.4, 0.5) is 5.69 Å². The zero-order chi connectivity index (χ0) is 13.3. The first kappa shape index (κ1) is 13.5. The molecule has 8 heteroatoms. The Morgan fingerprint density at radius 1 is 1.56 bits per heavy atom. The molecule has 0 aliphatic carbocycles. The van der Waals surface area contributed by atoms with E-state index in [0.29, 0.717) is 11.6 Å². The summed E-state index contributed by atoms with van der Waals surface area (Å²) in [6.45, 7) is 4.18. The lowest BCUT2D eigenvalue weighted by molar-refractivity contribution is -0.389. The lowest BCUT2D eigenvalue weighted by atomic mass is 10.3. The van der Waals surface area contributed by atoms with Crippen molar-refractivity contribution in [2.45, 2.75) is 36.6 Å². The average Bonchev–Trinajstić information content (AvgIpc) is 2.62. The van der Waals surface area contributed by atoms with E-state index in [-0.39, 0.29) is 28.0 Å². The van der Waals surface area contributed by atoms with Crippen LogP contribution in [0, 0.1) is 17.0 Å². The molecule has 0 saturated carbocycles. The Bertz CT molecular complexity index is 486. The Hall–Kier alpha value is -0.920. The van der Waals surface area contributed by atoms with Crippen LogP contribution in [0.3, 0.4) is 0 Å². The molecule has 1 fully saturated rings. The minimum atomic E-state index is -0.464. The summed E-state index contributed by atoms with van der Waals surface area (Å²) in [6.07, 6.45) is 0.910. The van der Waals surface area contributed by atoms with E-state index in [9.17, 15) is 10.1 Å². The van der Waals surface area contributed by atoms with Crippen molar-refractivity contribution in [3.05, 3.63) is 21.1 Å². The molecular formula is C10H12ClN3O3S. The summed E-state index contributed by atoms with van der Waals surface area (Å²) in [6, 6.07) is 0. The van der Waals surface area contributed by atoms with E-state index in [2.05, 4.69) is 9.97 Å². The van der Waals surface area contributed by atoms with Crippen molar-refractivity contribution < 1.29 is 9.66 Å². The molecule has 0 aromatic carbocycles. The van der Waals surface area contributed by atoms with Gasteiger partial charge in [-0.1, -0.05) is 11.8 Å². The molecule has 1 aromatic rings. The van der Waals surface area contributed by atoms with Gasteiger partial charge in [0.1, 0.15) is 5.69 Å². The minimum Gasteiger partial charge on any atom is -0.377 e. The maximum Gasteiger partial charge on any atom is 0.322 e. The monoisotopic (exact) mass is 289 g/mol. The van der Waals surface area contributed by atoms with Gasteiger partial charge in [0.2, 0.25) is 5.28 Å². The van der Waals surface area contributed by atoms with E-state index < -0.39 is 4.92 Å². The Morgan fingerprint density at radius 3 is 2.83 bits per heavy atom. The topological polar surface area (TPSA) is 78.2 Å². The van der Waals surface area contributed by atoms with Gasteiger partial charge in [0, 0.05) is 11.9 Å². The van der Waals surface area contributed by atoms with Crippen molar-refractivity contribution >= 4 is 29.1 Å². The van der Waals surface area contributed by atoms with E-state index >= 15 is 0 Å². The minimum absolute atomic E-state index is 0.0344. The van der Waals surface area contributed by atoms with Crippen molar-refractivity contribution in [3.63, 3.8) is 0 Å². The molecule has 2 unspecified atom stereocenters. The Balaban J connectivity index is 2.33. The molecule has 18 heavy (non-hydrogen) atoms. The maximum absolute atomic E-state index is 11.0. The first-order valence-electron chi connectivity index (χ1n) is 5.46. The Morgan fingerprint density at radius 2 is 2.28 bits per heavy atom. The van der Waals surface area contributed by atoms with Crippen molar-refractivity contribution in [3.8, 4) is 0 Å². The second kappa shape index (κ2) is 5.38. The van der Waals surface area contributed by atoms with Crippen LogP contribution in [-0.2, 0) is 4.74 Å². The van der Waals surface area contributed by atoms with Gasteiger partial charge in [-0.15, -0.1) is 0 Å². The Kier molecular flexibility index (Phi) is 4.04. The molecular weight excluding hydrogens is 278 g/mol. The number of halogens is 1. The third-order valence-electron chi connectivity index (χ3n) is 2.75. The Labute approximate surface area is 113 Å². The number of rotatable bonds is 3. The normalized spacial score (nSPS) is 23.3. The van der Waals surface area contributed by atoms with Gasteiger partial charge in [0.05, 0.1) is 11.0 Å². The number of ether oxygens (including phenoxy) is 1. The van der Waals surface area contributed by atoms with Gasteiger partial charge in [0.15, 0.2) is 5.03 Å². The van der Waals surface area contributed by atoms with Crippen LogP contribution in [0.15, 0.2) is 5.03 Å². The highest BCUT2D eigenvalue weighted by Crippen LogP contribution is 2.37. The predicted octanol–water partition coefficient (Wildman–Crippen LogP) is 2.62. The zero-order valence-corrected chi connectivity index (χ0v) is 11.5. The summed E-state index contributed by atoms with van der Waals surface area (Å²) < 4.78 is 5.43. The van der Waals surface area contributed by atoms with Gasteiger partial charge in [-0.2, -0.15) is 0 Å². The molecule has 2 heterocycles. The number of nitro groups is 1. The van der Waals surface area contributed by atoms with Crippen LogP contribution >= 0.6 is 23.4 Å². The van der Waals surface area contributed by atoms with Gasteiger partial charge in [-0.3, -0.25) is 10.1 Å². The first-order valence-corrected chi connectivity index (χ1v) is 6.71. The molecule has 1 aliphatic rings. The summed E-state index contributed by atoms with van der Waals surface area (Å²) in [5, 5.41) is 11.6. The third kappa shape index (κ3) is 2.73. The number of thioether (sulfide) groups is 1. The van der Waals surface area contributed by atoms with Crippen LogP contribution < -0.4 is 0 Å². The molecule has 1 aromatic heterocycles. The molecule has 0 amide bonds. The standard InChI is InChI=1S/C10H12ClN3O3S/c1-5-8(14(15)16)9(13-10(11)12-5)18-7-3-4-17-6(7)2/h6-7H,3-4H2,1-2H3. The van der Waals surface area contributed by atoms with Crippen LogP contribution in [-0.4, -0.2) is 32.9 Å². The lowest BCUT2D eigenvalue weighted by Crippen LogP contribution is -2.14. The van der Waals surface area contributed by atoms with Gasteiger partial charge >= 0.3 is 5.69 Å². The van der Waals surface area contributed by atoms with Gasteiger partial charge in [0.25, 0.3) is 0 Å². The van der Waals surface area contributed by atoms with Crippen molar-refractivity contribution in [1.82, 2.24) is 9.97 Å². The number of aryl methyl sites for hydroxylation is 1. The van der Waals surface area contributed by atoms with E-state index in [1.165, 1.54) is 11.8 Å². The SMILES string of the molecule is Cc1nc(Cl)nc(SC2CCOC2C)c1[N+](=O)[O-]. The second-order valence-electron chi connectivity index (χ2n) is 4.01. The summed E-state index contributed by atoms with van der Waals surface area (Å²) in [4.78, 5) is 18.4. The highest BCUT2D eigenvalue weighted by molar-refractivity contribution is 8.00. The van der Waals surface area contributed by atoms with Crippen molar-refractivity contribution in [2.75, 3.05) is 6.61 Å². The largest absolute Gasteiger partial charge is 0.377 e. The average molecular weight is 290 g/mol. The lowest BCUT2D eigenvalue weighted by Gasteiger charge is -2.13. The summed E-state index contributed by atoms with van der Waals surface area (Å²) in [7, 11) is 0. The smallest absolute Gasteiger partial charge is 0.322 e. The second-order valence-corrected chi connectivity index (χ2v) is 5.58. The fraction of sp³-hybridized carbons (Fsp3) is 0.600. The van der Waals surface area contributed by atoms with Crippen molar-refractivity contribution in [1.29, 1.82) is 0 Å². The van der Waals surface area contributed by atoms with E-state index in [1.54, 1.807) is 6.92 Å². The molecule has 0 N–H and O–H groups in total. The molecule has 0 radical (unpaired) electrons. The molecule has 6 nitrogen and oxygen atoms in total. The van der Waals surface area contributed by atoms with E-state index in [4.69, 9.17) is 16.3 Å². The molecule has 1 saturated heterocycles. The summed E-state index contributed by atoms with van der Waals surface area (Å²) in [5.41, 5.74) is 0.220. The number of hydrogen-bond acceptors (Lipinski definition) is 6. The summed E-state index contributed by atoms with van der Waals surface area (Å²) >= 11 is 7.10. The van der Waals surface area contributed by atoms with Crippen LogP contribution in [0.5, 0.6) is 0 Å². The quantitative estimate of drug-likeness (QED) is 0.368. The number of hydrogen-bond donors (Lipinski definition) is 0. The zero-order valence-electron chi connectivity index (χ0n) is 9.92. The van der Waals surface area contributed by atoms with Crippen LogP contribution in [0.2, 0.25) is 5.28 Å². The molecule has 0 spiro atoms. The number of aromatic nitrogens is 2. The van der Waals surface area contributed by atoms with Gasteiger partial charge < -0.3 is 4.74 Å². The number of nitrogens with zero attached hydrogens (tertiary/aromatic N) is 3. The van der Waals surface area contributed by atoms with E-state index in [0.717, 1.165) is 6.42 Å². The highest BCUT2D eigenvalue weighted by atomic mass is 35.5. The van der Waals surface area contributed by atoms with Gasteiger partial charge in [-0.05, 0) is 31.9 Å². The molecule has 2 rings (SSSR count). The molecule has 0 bridgehead atoms. The molecule has 1 aliphatic heterocycles. The maximum atomic E-state index is 11.0. The van der Waals surface area contributed by atoms with Crippen molar-refractivity contribution in [2.24, 2.45) is 0 Å². The molecule has 2 atom stereocenters. The fourth-order valence-electron chi connectivity index (χ4n) is 1.81. The van der Waals surface area contributed by atoms with Gasteiger partial charge in [-0.25, -0.2) is 9.97 Å². The third-order valence-corrected chi connectivity index (χ3v) is 4.35. The van der Waals surface area contributed by atoms with Crippen LogP contribution in [0.25, 0.3) is 0 Å². The van der Waals surface area contributed by atoms with E-state index in [1.807, 2.05) is 6.92 Å². The highest BCUT2D eigenvalue weighted by Gasteiger charge is 2.30. The molecule has 98 valence electrons. The first-order chi connectivity index (χ1) is 8.49. The summed E-state index contributed by atoms with van der Waals surface area (Å²) in [5.74, 6) is 0.